The van der Waals surface area contributed by atoms with Crippen LogP contribution in [-0.4, -0.2) is 45.1 Å². The van der Waals surface area contributed by atoms with E-state index >= 15 is 0 Å². The summed E-state index contributed by atoms with van der Waals surface area (Å²) in [5, 5.41) is 13.3. The summed E-state index contributed by atoms with van der Waals surface area (Å²) in [6.07, 6.45) is 0.640. The molecule has 4 nitrogen and oxygen atoms in total. The third-order valence-electron chi connectivity index (χ3n) is 3.43. The fourth-order valence-electron chi connectivity index (χ4n) is 2.24. The second-order valence-electron chi connectivity index (χ2n) is 5.38. The lowest BCUT2D eigenvalue weighted by molar-refractivity contribution is 0.0695. The maximum absolute atomic E-state index is 9.82. The molecule has 0 fully saturated rings. The summed E-state index contributed by atoms with van der Waals surface area (Å²) in [6, 6.07) is 6.69. The number of hydrogen-bond donors (Lipinski definition) is 2. The van der Waals surface area contributed by atoms with Crippen molar-refractivity contribution < 1.29 is 9.84 Å². The zero-order valence-electron chi connectivity index (χ0n) is 13.4. The van der Waals surface area contributed by atoms with E-state index in [4.69, 9.17) is 4.74 Å². The average Bonchev–Trinajstić information content (AvgIpc) is 2.44. The molecule has 0 aliphatic carbocycles. The summed E-state index contributed by atoms with van der Waals surface area (Å²) >= 11 is 3.63. The van der Waals surface area contributed by atoms with Crippen LogP contribution in [0.4, 0.5) is 5.69 Å². The molecular formula is C16H27BrN2O2. The molecule has 0 aliphatic rings. The van der Waals surface area contributed by atoms with Crippen LogP contribution in [0.3, 0.4) is 0 Å². The van der Waals surface area contributed by atoms with Crippen molar-refractivity contribution >= 4 is 21.6 Å². The molecule has 0 saturated heterocycles. The first-order chi connectivity index (χ1) is 9.99. The molecule has 0 amide bonds. The van der Waals surface area contributed by atoms with E-state index in [9.17, 15) is 5.11 Å². The van der Waals surface area contributed by atoms with Gasteiger partial charge in [0.25, 0.3) is 0 Å². The van der Waals surface area contributed by atoms with E-state index in [0.717, 1.165) is 23.1 Å². The van der Waals surface area contributed by atoms with Crippen LogP contribution in [0.25, 0.3) is 0 Å². The van der Waals surface area contributed by atoms with Gasteiger partial charge in [0.15, 0.2) is 0 Å². The molecule has 0 saturated carbocycles. The number of aliphatic hydroxyl groups excluding tert-OH is 1. The van der Waals surface area contributed by atoms with Crippen molar-refractivity contribution in [1.29, 1.82) is 0 Å². The number of anilines is 1. The number of nitrogens with one attached hydrogen (secondary N) is 1. The Hall–Kier alpha value is -0.620. The van der Waals surface area contributed by atoms with Crippen molar-refractivity contribution in [3.8, 4) is 0 Å². The predicted octanol–water partition coefficient (Wildman–Crippen LogP) is 2.95. The summed E-state index contributed by atoms with van der Waals surface area (Å²) in [5.74, 6) is 0. The van der Waals surface area contributed by atoms with Crippen molar-refractivity contribution in [2.75, 3.05) is 38.8 Å². The molecule has 0 aliphatic heterocycles. The van der Waals surface area contributed by atoms with E-state index in [1.165, 1.54) is 5.56 Å². The molecule has 5 heteroatoms. The van der Waals surface area contributed by atoms with Crippen molar-refractivity contribution in [2.45, 2.75) is 32.4 Å². The summed E-state index contributed by atoms with van der Waals surface area (Å²) in [5.41, 5.74) is 2.32. The van der Waals surface area contributed by atoms with Gasteiger partial charge >= 0.3 is 0 Å². The Kier molecular flexibility index (Phi) is 8.26. The number of likely N-dealkylation sites (N-methyl/N-ethyl adjacent to an activating group) is 1. The van der Waals surface area contributed by atoms with Crippen LogP contribution in [0.15, 0.2) is 22.7 Å². The molecular weight excluding hydrogens is 332 g/mol. The Labute approximate surface area is 136 Å². The van der Waals surface area contributed by atoms with Gasteiger partial charge in [-0.2, -0.15) is 0 Å². The zero-order valence-corrected chi connectivity index (χ0v) is 15.0. The monoisotopic (exact) mass is 358 g/mol. The molecule has 0 aromatic heterocycles. The Morgan fingerprint density at radius 3 is 2.71 bits per heavy atom. The molecule has 1 aromatic carbocycles. The number of nitrogens with zero attached hydrogens (tertiary/aromatic N) is 1. The minimum absolute atomic E-state index is 0.333. The van der Waals surface area contributed by atoms with E-state index in [1.54, 1.807) is 7.11 Å². The first-order valence-electron chi connectivity index (χ1n) is 7.40. The normalized spacial score (nSPS) is 14.0. The van der Waals surface area contributed by atoms with Crippen LogP contribution < -0.4 is 10.2 Å². The maximum Gasteiger partial charge on any atom is 0.0947 e. The van der Waals surface area contributed by atoms with E-state index in [2.05, 4.69) is 53.3 Å². The molecule has 2 atom stereocenters. The van der Waals surface area contributed by atoms with Crippen LogP contribution >= 0.6 is 15.9 Å². The number of hydrogen-bond acceptors (Lipinski definition) is 4. The second-order valence-corrected chi connectivity index (χ2v) is 6.23. The quantitative estimate of drug-likeness (QED) is 0.712. The second kappa shape index (κ2) is 9.41. The first kappa shape index (κ1) is 18.4. The van der Waals surface area contributed by atoms with Gasteiger partial charge in [-0.1, -0.05) is 13.0 Å². The van der Waals surface area contributed by atoms with Gasteiger partial charge in [-0.15, -0.1) is 0 Å². The number of benzene rings is 1. The summed E-state index contributed by atoms with van der Waals surface area (Å²) in [6.45, 7) is 6.24. The van der Waals surface area contributed by atoms with E-state index in [0.29, 0.717) is 19.2 Å². The molecule has 21 heavy (non-hydrogen) atoms. The lowest BCUT2D eigenvalue weighted by Gasteiger charge is -2.24. The fraction of sp³-hybridized carbons (Fsp3) is 0.625. The number of rotatable bonds is 9. The van der Waals surface area contributed by atoms with Crippen LogP contribution in [0.1, 0.15) is 31.9 Å². The third kappa shape index (κ3) is 5.94. The molecule has 1 aromatic rings. The standard InChI is InChI=1S/C16H27BrN2O2/c1-5-8-18-12(2)13-6-7-16(15(17)9-13)19(3)10-14(20)11-21-4/h6-7,9,12,14,18,20H,5,8,10-11H2,1-4H3. The van der Waals surface area contributed by atoms with Crippen molar-refractivity contribution in [1.82, 2.24) is 5.32 Å². The topological polar surface area (TPSA) is 44.7 Å². The molecule has 0 bridgehead atoms. The smallest absolute Gasteiger partial charge is 0.0947 e. The van der Waals surface area contributed by atoms with Gasteiger partial charge in [0.2, 0.25) is 0 Å². The molecule has 1 rings (SSSR count). The highest BCUT2D eigenvalue weighted by molar-refractivity contribution is 9.10. The third-order valence-corrected chi connectivity index (χ3v) is 4.06. The van der Waals surface area contributed by atoms with Crippen molar-refractivity contribution in [2.24, 2.45) is 0 Å². The number of ether oxygens (including phenoxy) is 1. The van der Waals surface area contributed by atoms with Gasteiger partial charge < -0.3 is 20.1 Å². The Balaban J connectivity index is 2.73. The Morgan fingerprint density at radius 1 is 1.43 bits per heavy atom. The van der Waals surface area contributed by atoms with Gasteiger partial charge in [-0.3, -0.25) is 0 Å². The van der Waals surface area contributed by atoms with Gasteiger partial charge in [0.1, 0.15) is 0 Å². The molecule has 2 N–H and O–H groups in total. The summed E-state index contributed by atoms with van der Waals surface area (Å²) < 4.78 is 6.00. The fourth-order valence-corrected chi connectivity index (χ4v) is 2.94. The number of halogens is 1. The van der Waals surface area contributed by atoms with E-state index in [-0.39, 0.29) is 0 Å². The number of aliphatic hydroxyl groups is 1. The SMILES string of the molecule is CCCNC(C)c1ccc(N(C)CC(O)COC)c(Br)c1. The minimum atomic E-state index is -0.489. The minimum Gasteiger partial charge on any atom is -0.389 e. The lowest BCUT2D eigenvalue weighted by Crippen LogP contribution is -2.32. The first-order valence-corrected chi connectivity index (χ1v) is 8.19. The Morgan fingerprint density at radius 2 is 2.14 bits per heavy atom. The molecule has 2 unspecified atom stereocenters. The lowest BCUT2D eigenvalue weighted by atomic mass is 10.1. The summed E-state index contributed by atoms with van der Waals surface area (Å²) in [4.78, 5) is 2.03. The van der Waals surface area contributed by atoms with Crippen LogP contribution in [0.2, 0.25) is 0 Å². The van der Waals surface area contributed by atoms with Crippen LogP contribution in [0.5, 0.6) is 0 Å². The highest BCUT2D eigenvalue weighted by Crippen LogP contribution is 2.29. The van der Waals surface area contributed by atoms with E-state index in [1.807, 2.05) is 11.9 Å². The van der Waals surface area contributed by atoms with Gasteiger partial charge in [-0.25, -0.2) is 0 Å². The molecule has 0 spiro atoms. The van der Waals surface area contributed by atoms with Gasteiger partial charge in [-0.05, 0) is 53.5 Å². The molecule has 0 heterocycles. The zero-order chi connectivity index (χ0) is 15.8. The highest BCUT2D eigenvalue weighted by atomic mass is 79.9. The van der Waals surface area contributed by atoms with Crippen LogP contribution in [-0.2, 0) is 4.74 Å². The van der Waals surface area contributed by atoms with Gasteiger partial charge in [0, 0.05) is 31.2 Å². The van der Waals surface area contributed by atoms with Crippen molar-refractivity contribution in [3.63, 3.8) is 0 Å². The molecule has 0 radical (unpaired) electrons. The van der Waals surface area contributed by atoms with Crippen molar-refractivity contribution in [3.05, 3.63) is 28.2 Å². The van der Waals surface area contributed by atoms with Gasteiger partial charge in [0.05, 0.1) is 18.4 Å². The Bertz CT molecular complexity index is 429. The number of methoxy groups -OCH3 is 1. The average molecular weight is 359 g/mol. The molecule has 120 valence electrons. The highest BCUT2D eigenvalue weighted by Gasteiger charge is 2.13. The maximum atomic E-state index is 9.82. The van der Waals surface area contributed by atoms with E-state index < -0.39 is 6.10 Å². The van der Waals surface area contributed by atoms with Crippen LogP contribution in [0, 0.1) is 0 Å². The summed E-state index contributed by atoms with van der Waals surface area (Å²) in [7, 11) is 3.57. The largest absolute Gasteiger partial charge is 0.389 e. The predicted molar refractivity (Wildman–Crippen MR) is 92.0 cm³/mol.